The minimum Gasteiger partial charge on any atom is -0.487 e. The predicted molar refractivity (Wildman–Crippen MR) is 76.2 cm³/mol. The quantitative estimate of drug-likeness (QED) is 0.840. The van der Waals surface area contributed by atoms with Crippen molar-refractivity contribution in [3.8, 4) is 5.75 Å². The fraction of sp³-hybridized carbons (Fsp3) is 0.214. The third-order valence-electron chi connectivity index (χ3n) is 3.15. The van der Waals surface area contributed by atoms with Crippen molar-refractivity contribution in [2.24, 2.45) is 19.8 Å². The molecule has 0 atom stereocenters. The van der Waals surface area contributed by atoms with Crippen LogP contribution in [0.25, 0.3) is 0 Å². The van der Waals surface area contributed by atoms with E-state index in [-0.39, 0.29) is 12.2 Å². The third kappa shape index (κ3) is 2.86. The smallest absolute Gasteiger partial charge is 0.330 e. The number of amides is 1. The largest absolute Gasteiger partial charge is 0.487 e. The van der Waals surface area contributed by atoms with Gasteiger partial charge < -0.3 is 10.5 Å². The molecule has 0 saturated heterocycles. The van der Waals surface area contributed by atoms with E-state index in [0.717, 1.165) is 4.57 Å². The summed E-state index contributed by atoms with van der Waals surface area (Å²) in [5, 5.41) is 0. The summed E-state index contributed by atoms with van der Waals surface area (Å²) in [6.45, 7) is -0.0217. The van der Waals surface area contributed by atoms with Crippen molar-refractivity contribution in [2.75, 3.05) is 0 Å². The lowest BCUT2D eigenvalue weighted by molar-refractivity contribution is 0.0996. The Balaban J connectivity index is 2.32. The second-order valence-electron chi connectivity index (χ2n) is 4.52. The average molecular weight is 289 g/mol. The van der Waals surface area contributed by atoms with Gasteiger partial charge in [0, 0.05) is 20.2 Å². The molecule has 0 unspecified atom stereocenters. The number of carbonyl (C=O) groups is 1. The van der Waals surface area contributed by atoms with Crippen molar-refractivity contribution in [2.45, 2.75) is 6.61 Å². The molecule has 0 aliphatic heterocycles. The number of aromatic nitrogens is 2. The number of ether oxygens (including phenoxy) is 1. The van der Waals surface area contributed by atoms with Gasteiger partial charge in [-0.15, -0.1) is 0 Å². The monoisotopic (exact) mass is 289 g/mol. The molecule has 0 saturated carbocycles. The summed E-state index contributed by atoms with van der Waals surface area (Å²) in [6.07, 6.45) is 0. The molecule has 1 amide bonds. The molecule has 7 heteroatoms. The maximum atomic E-state index is 11.8. The highest BCUT2D eigenvalue weighted by molar-refractivity contribution is 5.95. The molecule has 0 aliphatic rings. The molecule has 2 rings (SSSR count). The van der Waals surface area contributed by atoms with Crippen LogP contribution in [-0.4, -0.2) is 15.0 Å². The number of carbonyl (C=O) groups excluding carboxylic acids is 1. The van der Waals surface area contributed by atoms with Crippen molar-refractivity contribution < 1.29 is 9.53 Å². The van der Waals surface area contributed by atoms with E-state index in [0.29, 0.717) is 11.4 Å². The molecule has 1 heterocycles. The zero-order valence-electron chi connectivity index (χ0n) is 11.7. The molecule has 7 nitrogen and oxygen atoms in total. The second-order valence-corrected chi connectivity index (χ2v) is 4.52. The molecular formula is C14H15N3O4. The van der Waals surface area contributed by atoms with Crippen LogP contribution in [0.4, 0.5) is 0 Å². The number of benzene rings is 1. The molecule has 2 N–H and O–H groups in total. The molecule has 0 bridgehead atoms. The Morgan fingerprint density at radius 3 is 2.52 bits per heavy atom. The van der Waals surface area contributed by atoms with Crippen molar-refractivity contribution in [3.63, 3.8) is 0 Å². The Labute approximate surface area is 120 Å². The van der Waals surface area contributed by atoms with Crippen LogP contribution in [0.1, 0.15) is 16.1 Å². The molecule has 1 aromatic heterocycles. The third-order valence-corrected chi connectivity index (χ3v) is 3.15. The van der Waals surface area contributed by atoms with Crippen LogP contribution in [0.15, 0.2) is 39.9 Å². The van der Waals surface area contributed by atoms with Gasteiger partial charge >= 0.3 is 5.69 Å². The van der Waals surface area contributed by atoms with Gasteiger partial charge in [0.2, 0.25) is 0 Å². The van der Waals surface area contributed by atoms with Gasteiger partial charge in [-0.25, -0.2) is 4.79 Å². The van der Waals surface area contributed by atoms with Crippen molar-refractivity contribution >= 4 is 5.91 Å². The summed E-state index contributed by atoms with van der Waals surface area (Å²) in [6, 6.07) is 7.82. The highest BCUT2D eigenvalue weighted by Crippen LogP contribution is 2.18. The van der Waals surface area contributed by atoms with E-state index in [9.17, 15) is 14.4 Å². The lowest BCUT2D eigenvalue weighted by Gasteiger charge is -2.12. The normalized spacial score (nSPS) is 10.4. The van der Waals surface area contributed by atoms with Crippen LogP contribution in [-0.2, 0) is 20.7 Å². The highest BCUT2D eigenvalue weighted by Gasteiger charge is 2.10. The van der Waals surface area contributed by atoms with Crippen LogP contribution in [0.2, 0.25) is 0 Å². The number of hydrogen-bond acceptors (Lipinski definition) is 4. The van der Waals surface area contributed by atoms with E-state index >= 15 is 0 Å². The average Bonchev–Trinajstić information content (AvgIpc) is 2.47. The summed E-state index contributed by atoms with van der Waals surface area (Å²) in [4.78, 5) is 34.7. The molecule has 110 valence electrons. The first kappa shape index (κ1) is 14.6. The molecule has 0 radical (unpaired) electrons. The minimum absolute atomic E-state index is 0.0217. The summed E-state index contributed by atoms with van der Waals surface area (Å²) < 4.78 is 7.82. The van der Waals surface area contributed by atoms with E-state index < -0.39 is 17.2 Å². The van der Waals surface area contributed by atoms with Crippen molar-refractivity contribution in [1.82, 2.24) is 9.13 Å². The number of hydrogen-bond donors (Lipinski definition) is 1. The Kier molecular flexibility index (Phi) is 3.93. The first-order valence-corrected chi connectivity index (χ1v) is 6.19. The molecular weight excluding hydrogens is 274 g/mol. The predicted octanol–water partition coefficient (Wildman–Crippen LogP) is -0.238. The molecule has 2 aromatic rings. The SMILES string of the molecule is Cn1c(COc2ccccc2C(N)=O)cc(=O)n(C)c1=O. The number of primary amides is 1. The zero-order valence-corrected chi connectivity index (χ0v) is 11.7. The second kappa shape index (κ2) is 5.66. The highest BCUT2D eigenvalue weighted by atomic mass is 16.5. The lowest BCUT2D eigenvalue weighted by atomic mass is 10.2. The van der Waals surface area contributed by atoms with Crippen molar-refractivity contribution in [1.29, 1.82) is 0 Å². The van der Waals surface area contributed by atoms with E-state index in [1.807, 2.05) is 0 Å². The fourth-order valence-corrected chi connectivity index (χ4v) is 1.86. The lowest BCUT2D eigenvalue weighted by Crippen LogP contribution is -2.38. The van der Waals surface area contributed by atoms with Gasteiger partial charge in [-0.2, -0.15) is 0 Å². The minimum atomic E-state index is -0.608. The Bertz CT molecular complexity index is 805. The molecule has 0 fully saturated rings. The van der Waals surface area contributed by atoms with Gasteiger partial charge in [0.05, 0.1) is 11.3 Å². The summed E-state index contributed by atoms with van der Waals surface area (Å²) in [5.74, 6) is -0.304. The van der Waals surface area contributed by atoms with Crippen LogP contribution in [0.5, 0.6) is 5.75 Å². The van der Waals surface area contributed by atoms with Gasteiger partial charge in [-0.3, -0.25) is 18.7 Å². The maximum absolute atomic E-state index is 11.8. The summed E-state index contributed by atoms with van der Waals surface area (Å²) >= 11 is 0. The number of nitrogens with two attached hydrogens (primary N) is 1. The number of rotatable bonds is 4. The fourth-order valence-electron chi connectivity index (χ4n) is 1.86. The first-order valence-electron chi connectivity index (χ1n) is 6.19. The zero-order chi connectivity index (χ0) is 15.6. The van der Waals surface area contributed by atoms with E-state index in [1.165, 1.54) is 17.7 Å². The van der Waals surface area contributed by atoms with E-state index in [4.69, 9.17) is 10.5 Å². The van der Waals surface area contributed by atoms with Gasteiger partial charge in [0.15, 0.2) is 0 Å². The number of para-hydroxylation sites is 1. The van der Waals surface area contributed by atoms with E-state index in [1.54, 1.807) is 31.3 Å². The molecule has 0 spiro atoms. The van der Waals surface area contributed by atoms with Crippen LogP contribution >= 0.6 is 0 Å². The van der Waals surface area contributed by atoms with Crippen LogP contribution < -0.4 is 21.7 Å². The maximum Gasteiger partial charge on any atom is 0.330 e. The number of nitrogens with zero attached hydrogens (tertiary/aromatic N) is 2. The van der Waals surface area contributed by atoms with Crippen LogP contribution in [0, 0.1) is 0 Å². The molecule has 0 aliphatic carbocycles. The Hall–Kier alpha value is -2.83. The topological polar surface area (TPSA) is 96.3 Å². The summed E-state index contributed by atoms with van der Waals surface area (Å²) in [5.41, 5.74) is 5.04. The van der Waals surface area contributed by atoms with Gasteiger partial charge in [-0.05, 0) is 12.1 Å². The molecule has 21 heavy (non-hydrogen) atoms. The standard InChI is InChI=1S/C14H15N3O4/c1-16-9(7-12(18)17(2)14(16)20)8-21-11-6-4-3-5-10(11)13(15)19/h3-7H,8H2,1-2H3,(H2,15,19). The Morgan fingerprint density at radius 1 is 1.19 bits per heavy atom. The van der Waals surface area contributed by atoms with Gasteiger partial charge in [-0.1, -0.05) is 12.1 Å². The van der Waals surface area contributed by atoms with Crippen molar-refractivity contribution in [3.05, 3.63) is 62.4 Å². The van der Waals surface area contributed by atoms with Gasteiger partial charge in [0.25, 0.3) is 11.5 Å². The first-order chi connectivity index (χ1) is 9.91. The Morgan fingerprint density at radius 2 is 1.86 bits per heavy atom. The van der Waals surface area contributed by atoms with Crippen LogP contribution in [0.3, 0.4) is 0 Å². The van der Waals surface area contributed by atoms with Gasteiger partial charge in [0.1, 0.15) is 12.4 Å². The van der Waals surface area contributed by atoms with E-state index in [2.05, 4.69) is 0 Å². The molecule has 1 aromatic carbocycles. The summed E-state index contributed by atoms with van der Waals surface area (Å²) in [7, 11) is 2.94.